The summed E-state index contributed by atoms with van der Waals surface area (Å²) in [5.74, 6) is -1.50. The molecule has 2 unspecified atom stereocenters. The minimum atomic E-state index is -2.00. The molecular weight excluding hydrogens is 500 g/mol. The van der Waals surface area contributed by atoms with Gasteiger partial charge in [-0.25, -0.2) is 0 Å². The second-order valence-corrected chi connectivity index (χ2v) is 9.50. The number of hydrogen-bond acceptors (Lipinski definition) is 6. The van der Waals surface area contributed by atoms with Crippen LogP contribution in [0.3, 0.4) is 0 Å². The number of pyridine rings is 1. The van der Waals surface area contributed by atoms with Crippen LogP contribution in [-0.4, -0.2) is 40.9 Å². The lowest BCUT2D eigenvalue weighted by atomic mass is 9.70. The summed E-state index contributed by atoms with van der Waals surface area (Å²) in [5.41, 5.74) is -1.86. The zero-order valence-electron chi connectivity index (χ0n) is 18.7. The number of nitrogens with one attached hydrogen (secondary N) is 1. The van der Waals surface area contributed by atoms with Crippen LogP contribution < -0.4 is 14.8 Å². The number of ether oxygens (including phenoxy) is 2. The average molecular weight is 525 g/mol. The molecule has 3 aromatic rings. The van der Waals surface area contributed by atoms with E-state index in [0.29, 0.717) is 17.9 Å². The summed E-state index contributed by atoms with van der Waals surface area (Å²) in [4.78, 5) is 17.6. The number of rotatable bonds is 5. The molecule has 0 bridgehead atoms. The molecule has 8 heteroatoms. The molecule has 176 valence electrons. The van der Waals surface area contributed by atoms with Gasteiger partial charge in [0.25, 0.3) is 0 Å². The first kappa shape index (κ1) is 22.8. The summed E-state index contributed by atoms with van der Waals surface area (Å²) < 4.78 is 13.0. The second-order valence-electron chi connectivity index (χ2n) is 8.58. The Bertz CT molecular complexity index is 1220. The van der Waals surface area contributed by atoms with Crippen LogP contribution in [0.25, 0.3) is 0 Å². The smallest absolute Gasteiger partial charge is 0.226 e. The van der Waals surface area contributed by atoms with Crippen molar-refractivity contribution in [2.45, 2.75) is 30.1 Å². The Kier molecular flexibility index (Phi) is 5.62. The average Bonchev–Trinajstić information content (AvgIpc) is 3.23. The van der Waals surface area contributed by atoms with Gasteiger partial charge in [0.15, 0.2) is 11.2 Å². The van der Waals surface area contributed by atoms with Crippen LogP contribution in [0, 0.1) is 5.92 Å². The molecule has 1 fully saturated rings. The Labute approximate surface area is 205 Å². The van der Waals surface area contributed by atoms with Gasteiger partial charge in [0.2, 0.25) is 5.91 Å². The molecule has 5 atom stereocenters. The SMILES string of the molecule is CCNC(=O)C1C(c2ccccc2)[C@]2(c3ccc(Br)cc3)Oc3cncc(OC)c3[C@]2(O)[C@@H]1O. The maximum atomic E-state index is 13.4. The maximum absolute atomic E-state index is 13.4. The lowest BCUT2D eigenvalue weighted by Crippen LogP contribution is -2.52. The van der Waals surface area contributed by atoms with Crippen LogP contribution in [0.2, 0.25) is 0 Å². The summed E-state index contributed by atoms with van der Waals surface area (Å²) in [6, 6.07) is 16.8. The third-order valence-electron chi connectivity index (χ3n) is 6.97. The molecular formula is C26H25BrN2O5. The van der Waals surface area contributed by atoms with Gasteiger partial charge in [0, 0.05) is 16.9 Å². The maximum Gasteiger partial charge on any atom is 0.226 e. The van der Waals surface area contributed by atoms with Crippen molar-refractivity contribution in [2.75, 3.05) is 13.7 Å². The van der Waals surface area contributed by atoms with E-state index < -0.39 is 29.1 Å². The van der Waals surface area contributed by atoms with Crippen molar-refractivity contribution in [2.24, 2.45) is 5.92 Å². The molecule has 0 saturated heterocycles. The van der Waals surface area contributed by atoms with E-state index in [0.717, 1.165) is 10.0 Å². The number of nitrogens with zero attached hydrogens (tertiary/aromatic N) is 1. The van der Waals surface area contributed by atoms with Crippen molar-refractivity contribution < 1.29 is 24.5 Å². The van der Waals surface area contributed by atoms with Crippen molar-refractivity contribution in [1.82, 2.24) is 10.3 Å². The molecule has 2 aromatic carbocycles. The number of benzene rings is 2. The number of halogens is 1. The Morgan fingerprint density at radius 1 is 1.18 bits per heavy atom. The highest BCUT2D eigenvalue weighted by molar-refractivity contribution is 9.10. The Balaban J connectivity index is 1.87. The van der Waals surface area contributed by atoms with E-state index in [2.05, 4.69) is 26.2 Å². The summed E-state index contributed by atoms with van der Waals surface area (Å²) in [5, 5.41) is 27.2. The molecule has 0 spiro atoms. The van der Waals surface area contributed by atoms with E-state index in [1.807, 2.05) is 61.5 Å². The number of aliphatic hydroxyl groups excluding tert-OH is 1. The highest BCUT2D eigenvalue weighted by atomic mass is 79.9. The number of methoxy groups -OCH3 is 1. The van der Waals surface area contributed by atoms with E-state index in [9.17, 15) is 15.0 Å². The van der Waals surface area contributed by atoms with Gasteiger partial charge in [-0.2, -0.15) is 0 Å². The van der Waals surface area contributed by atoms with Gasteiger partial charge in [-0.1, -0.05) is 58.4 Å². The molecule has 1 aliphatic heterocycles. The van der Waals surface area contributed by atoms with Gasteiger partial charge in [-0.05, 0) is 30.2 Å². The number of amides is 1. The standard InChI is InChI=1S/C26H25BrN2O5/c1-3-29-24(31)20-21(15-7-5-4-6-8-15)26(16-9-11-17(27)12-10-16)25(32,23(20)30)22-18(33-2)13-28-14-19(22)34-26/h4-14,20-21,23,30,32H,3H2,1-2H3,(H,29,31)/t20?,21?,23-,25+,26+/m1/s1. The summed E-state index contributed by atoms with van der Waals surface area (Å²) in [6.45, 7) is 2.20. The first-order chi connectivity index (χ1) is 16.4. The van der Waals surface area contributed by atoms with E-state index in [-0.39, 0.29) is 17.2 Å². The molecule has 0 radical (unpaired) electrons. The Morgan fingerprint density at radius 2 is 1.88 bits per heavy atom. The molecule has 2 aliphatic rings. The number of aliphatic hydroxyl groups is 2. The van der Waals surface area contributed by atoms with Crippen molar-refractivity contribution >= 4 is 21.8 Å². The lowest BCUT2D eigenvalue weighted by Gasteiger charge is -2.40. The van der Waals surface area contributed by atoms with Gasteiger partial charge >= 0.3 is 0 Å². The van der Waals surface area contributed by atoms with Crippen LogP contribution in [0.1, 0.15) is 29.5 Å². The second kappa shape index (κ2) is 8.37. The molecule has 7 nitrogen and oxygen atoms in total. The highest BCUT2D eigenvalue weighted by Crippen LogP contribution is 2.69. The van der Waals surface area contributed by atoms with Crippen LogP contribution in [0.5, 0.6) is 11.5 Å². The third kappa shape index (κ3) is 2.95. The van der Waals surface area contributed by atoms with Crippen LogP contribution >= 0.6 is 15.9 Å². The number of hydrogen-bond donors (Lipinski definition) is 3. The molecule has 34 heavy (non-hydrogen) atoms. The molecule has 1 aliphatic carbocycles. The van der Waals surface area contributed by atoms with Gasteiger partial charge < -0.3 is 25.0 Å². The first-order valence-electron chi connectivity index (χ1n) is 11.1. The number of carbonyl (C=O) groups excluding carboxylic acids is 1. The summed E-state index contributed by atoms with van der Waals surface area (Å²) >= 11 is 3.47. The van der Waals surface area contributed by atoms with Gasteiger partial charge in [-0.15, -0.1) is 0 Å². The quantitative estimate of drug-likeness (QED) is 0.473. The predicted molar refractivity (Wildman–Crippen MR) is 128 cm³/mol. The molecule has 2 heterocycles. The van der Waals surface area contributed by atoms with Crippen LogP contribution in [0.15, 0.2) is 71.5 Å². The fraction of sp³-hybridized carbons (Fsp3) is 0.308. The van der Waals surface area contributed by atoms with Gasteiger partial charge in [0.05, 0.1) is 31.0 Å². The Morgan fingerprint density at radius 3 is 2.53 bits per heavy atom. The van der Waals surface area contributed by atoms with Crippen molar-refractivity contribution in [3.05, 3.63) is 88.2 Å². The van der Waals surface area contributed by atoms with E-state index in [1.54, 1.807) is 0 Å². The van der Waals surface area contributed by atoms with E-state index >= 15 is 0 Å². The van der Waals surface area contributed by atoms with Crippen molar-refractivity contribution in [3.8, 4) is 11.5 Å². The molecule has 1 aromatic heterocycles. The molecule has 5 rings (SSSR count). The fourth-order valence-corrected chi connectivity index (χ4v) is 5.94. The zero-order valence-corrected chi connectivity index (χ0v) is 20.3. The number of fused-ring (bicyclic) bond motifs is 3. The zero-order chi connectivity index (χ0) is 24.1. The largest absolute Gasteiger partial charge is 0.495 e. The van der Waals surface area contributed by atoms with Crippen molar-refractivity contribution in [3.63, 3.8) is 0 Å². The van der Waals surface area contributed by atoms with Gasteiger partial charge in [-0.3, -0.25) is 9.78 Å². The molecule has 3 N–H and O–H groups in total. The van der Waals surface area contributed by atoms with Crippen molar-refractivity contribution in [1.29, 1.82) is 0 Å². The minimum absolute atomic E-state index is 0.279. The van der Waals surface area contributed by atoms with Crippen LogP contribution in [0.4, 0.5) is 0 Å². The predicted octanol–water partition coefficient (Wildman–Crippen LogP) is 3.24. The van der Waals surface area contributed by atoms with E-state index in [4.69, 9.17) is 9.47 Å². The Hall–Kier alpha value is -2.94. The normalized spacial score (nSPS) is 29.1. The van der Waals surface area contributed by atoms with Gasteiger partial charge in [0.1, 0.15) is 17.6 Å². The number of carbonyl (C=O) groups is 1. The van der Waals surface area contributed by atoms with E-state index in [1.165, 1.54) is 19.5 Å². The summed E-state index contributed by atoms with van der Waals surface area (Å²) in [7, 11) is 1.47. The monoisotopic (exact) mass is 524 g/mol. The minimum Gasteiger partial charge on any atom is -0.495 e. The topological polar surface area (TPSA) is 101 Å². The molecule has 1 saturated carbocycles. The lowest BCUT2D eigenvalue weighted by molar-refractivity contribution is -0.154. The molecule has 1 amide bonds. The highest BCUT2D eigenvalue weighted by Gasteiger charge is 2.78. The number of aromatic nitrogens is 1. The third-order valence-corrected chi connectivity index (χ3v) is 7.49. The summed E-state index contributed by atoms with van der Waals surface area (Å²) in [6.07, 6.45) is 1.48. The fourth-order valence-electron chi connectivity index (χ4n) is 5.68. The van der Waals surface area contributed by atoms with Crippen LogP contribution in [-0.2, 0) is 16.0 Å². The first-order valence-corrected chi connectivity index (χ1v) is 11.9.